The monoisotopic (exact) mass is 483 g/mol. The molecular weight excluding hydrogens is 462 g/mol. The Balaban J connectivity index is 1.39. The molecule has 0 radical (unpaired) electrons. The molecule has 0 aliphatic heterocycles. The van der Waals surface area contributed by atoms with Crippen molar-refractivity contribution in [2.75, 3.05) is 7.11 Å². The molecule has 33 heavy (non-hydrogen) atoms. The number of thiophene rings is 1. The fourth-order valence-corrected chi connectivity index (χ4v) is 5.05. The highest BCUT2D eigenvalue weighted by Gasteiger charge is 2.23. The van der Waals surface area contributed by atoms with Crippen LogP contribution in [0, 0.1) is 6.92 Å². The maximum atomic E-state index is 12.4. The van der Waals surface area contributed by atoms with Gasteiger partial charge in [0, 0.05) is 5.56 Å². The Hall–Kier alpha value is -3.56. The van der Waals surface area contributed by atoms with Crippen LogP contribution in [0.1, 0.15) is 21.9 Å². The summed E-state index contributed by atoms with van der Waals surface area (Å²) in [7, 11) is -2.30. The molecule has 2 heterocycles. The van der Waals surface area contributed by atoms with Gasteiger partial charge in [-0.1, -0.05) is 30.3 Å². The number of ether oxygens (including phenoxy) is 2. The Kier molecular flexibility index (Phi) is 6.52. The minimum Gasteiger partial charge on any atom is -0.497 e. The number of methoxy groups -OCH3 is 1. The Bertz CT molecular complexity index is 1340. The lowest BCUT2D eigenvalue weighted by Gasteiger charge is -2.07. The minimum absolute atomic E-state index is 0.0563. The van der Waals surface area contributed by atoms with Gasteiger partial charge in [0.25, 0.3) is 10.0 Å². The lowest BCUT2D eigenvalue weighted by Crippen LogP contribution is -2.29. The highest BCUT2D eigenvalue weighted by atomic mass is 32.2. The van der Waals surface area contributed by atoms with Gasteiger partial charge in [-0.25, -0.2) is 13.1 Å². The number of benzene rings is 2. The zero-order valence-electron chi connectivity index (χ0n) is 17.9. The van der Waals surface area contributed by atoms with Crippen molar-refractivity contribution in [1.82, 2.24) is 4.72 Å². The molecule has 4 aromatic rings. The molecule has 1 amide bonds. The minimum atomic E-state index is -3.93. The summed E-state index contributed by atoms with van der Waals surface area (Å²) in [6.45, 7) is 1.86. The second kappa shape index (κ2) is 9.51. The van der Waals surface area contributed by atoms with Gasteiger partial charge in [0.05, 0.1) is 7.11 Å². The molecule has 0 saturated carbocycles. The molecule has 170 valence electrons. The first kappa shape index (κ1) is 22.6. The van der Waals surface area contributed by atoms with E-state index in [9.17, 15) is 13.2 Å². The second-order valence-corrected chi connectivity index (χ2v) is 9.96. The van der Waals surface area contributed by atoms with E-state index in [-0.39, 0.29) is 16.6 Å². The lowest BCUT2D eigenvalue weighted by atomic mass is 10.1. The predicted molar refractivity (Wildman–Crippen MR) is 125 cm³/mol. The summed E-state index contributed by atoms with van der Waals surface area (Å²) in [4.78, 5) is 12.4. The largest absolute Gasteiger partial charge is 0.497 e. The van der Waals surface area contributed by atoms with Crippen molar-refractivity contribution >= 4 is 27.3 Å². The van der Waals surface area contributed by atoms with Gasteiger partial charge >= 0.3 is 5.91 Å². The van der Waals surface area contributed by atoms with Crippen LogP contribution in [0.25, 0.3) is 11.1 Å². The Morgan fingerprint density at radius 1 is 1.00 bits per heavy atom. The van der Waals surface area contributed by atoms with Gasteiger partial charge in [-0.05, 0) is 59.8 Å². The number of aryl methyl sites for hydroxylation is 1. The van der Waals surface area contributed by atoms with Crippen molar-refractivity contribution in [3.8, 4) is 22.6 Å². The van der Waals surface area contributed by atoms with Crippen molar-refractivity contribution < 1.29 is 27.1 Å². The van der Waals surface area contributed by atoms with Gasteiger partial charge < -0.3 is 13.9 Å². The van der Waals surface area contributed by atoms with Gasteiger partial charge in [-0.15, -0.1) is 11.3 Å². The molecule has 2 aromatic carbocycles. The quantitative estimate of drug-likeness (QED) is 0.378. The SMILES string of the molecule is COc1ccc(-c2ccc(OCc3cc(C(=O)NS(=O)(=O)c4cccs4)oc3C)cc2)cc1. The van der Waals surface area contributed by atoms with E-state index < -0.39 is 15.9 Å². The first-order chi connectivity index (χ1) is 15.9. The van der Waals surface area contributed by atoms with Gasteiger partial charge in [0.15, 0.2) is 5.76 Å². The van der Waals surface area contributed by atoms with E-state index in [4.69, 9.17) is 13.9 Å². The highest BCUT2D eigenvalue weighted by molar-refractivity contribution is 7.92. The van der Waals surface area contributed by atoms with Gasteiger partial charge in [-0.3, -0.25) is 4.79 Å². The maximum Gasteiger partial charge on any atom is 0.300 e. The van der Waals surface area contributed by atoms with E-state index in [0.717, 1.165) is 28.2 Å². The van der Waals surface area contributed by atoms with E-state index in [1.165, 1.54) is 12.1 Å². The molecule has 2 aromatic heterocycles. The molecule has 0 unspecified atom stereocenters. The smallest absolute Gasteiger partial charge is 0.300 e. The molecule has 0 fully saturated rings. The standard InChI is InChI=1S/C24H21NO6S2/c1-16-19(14-22(31-16)24(26)25-33(27,28)23-4-3-13-32-23)15-30-21-11-7-18(8-12-21)17-5-9-20(29-2)10-6-17/h3-14H,15H2,1-2H3,(H,25,26). The van der Waals surface area contributed by atoms with Crippen LogP contribution in [0.2, 0.25) is 0 Å². The molecule has 0 spiro atoms. The Morgan fingerprint density at radius 2 is 1.64 bits per heavy atom. The third-order valence-corrected chi connectivity index (χ3v) is 7.63. The number of carbonyl (C=O) groups excluding carboxylic acids is 1. The molecule has 7 nitrogen and oxygen atoms in total. The average Bonchev–Trinajstić information content (AvgIpc) is 3.49. The zero-order chi connectivity index (χ0) is 23.4. The third-order valence-electron chi connectivity index (χ3n) is 4.90. The van der Waals surface area contributed by atoms with E-state index in [1.807, 2.05) is 53.3 Å². The number of hydrogen-bond acceptors (Lipinski definition) is 7. The summed E-state index contributed by atoms with van der Waals surface area (Å²) in [5, 5.41) is 1.62. The van der Waals surface area contributed by atoms with Gasteiger partial charge in [-0.2, -0.15) is 0 Å². The van der Waals surface area contributed by atoms with Crippen LogP contribution in [0.5, 0.6) is 11.5 Å². The molecule has 1 N–H and O–H groups in total. The molecule has 0 aliphatic rings. The van der Waals surface area contributed by atoms with Crippen LogP contribution in [0.15, 0.2) is 80.7 Å². The molecule has 4 rings (SSSR count). The first-order valence-corrected chi connectivity index (χ1v) is 12.3. The summed E-state index contributed by atoms with van der Waals surface area (Å²) < 4.78 is 43.0. The Labute approximate surface area is 195 Å². The van der Waals surface area contributed by atoms with Crippen LogP contribution in [-0.2, 0) is 16.6 Å². The molecule has 9 heteroatoms. The summed E-state index contributed by atoms with van der Waals surface area (Å²) in [6, 6.07) is 19.9. The number of hydrogen-bond donors (Lipinski definition) is 1. The van der Waals surface area contributed by atoms with Crippen LogP contribution < -0.4 is 14.2 Å². The van der Waals surface area contributed by atoms with Crippen molar-refractivity contribution in [1.29, 1.82) is 0 Å². The van der Waals surface area contributed by atoms with Crippen molar-refractivity contribution in [3.05, 3.63) is 89.2 Å². The van der Waals surface area contributed by atoms with E-state index >= 15 is 0 Å². The van der Waals surface area contributed by atoms with E-state index in [2.05, 4.69) is 0 Å². The number of carbonyl (C=O) groups is 1. The number of sulfonamides is 1. The number of rotatable bonds is 8. The first-order valence-electron chi connectivity index (χ1n) is 9.93. The molecule has 0 aliphatic carbocycles. The van der Waals surface area contributed by atoms with Gasteiger partial charge in [0.1, 0.15) is 28.1 Å². The lowest BCUT2D eigenvalue weighted by molar-refractivity contribution is 0.0953. The average molecular weight is 484 g/mol. The number of amides is 1. The fraction of sp³-hybridized carbons (Fsp3) is 0.125. The molecule has 0 bridgehead atoms. The van der Waals surface area contributed by atoms with E-state index in [0.29, 0.717) is 17.1 Å². The molecular formula is C24H21NO6S2. The van der Waals surface area contributed by atoms with Crippen LogP contribution in [-0.4, -0.2) is 21.4 Å². The number of nitrogens with one attached hydrogen (secondary N) is 1. The fourth-order valence-electron chi connectivity index (χ4n) is 3.10. The van der Waals surface area contributed by atoms with Crippen molar-refractivity contribution in [2.45, 2.75) is 17.7 Å². The van der Waals surface area contributed by atoms with Crippen molar-refractivity contribution in [3.63, 3.8) is 0 Å². The van der Waals surface area contributed by atoms with Crippen LogP contribution in [0.4, 0.5) is 0 Å². The second-order valence-electron chi connectivity index (χ2n) is 7.10. The number of furan rings is 1. The zero-order valence-corrected chi connectivity index (χ0v) is 19.5. The maximum absolute atomic E-state index is 12.4. The molecule has 0 atom stereocenters. The summed E-state index contributed by atoms with van der Waals surface area (Å²) in [5.74, 6) is 0.997. The van der Waals surface area contributed by atoms with Crippen molar-refractivity contribution in [2.24, 2.45) is 0 Å². The van der Waals surface area contributed by atoms with E-state index in [1.54, 1.807) is 25.5 Å². The summed E-state index contributed by atoms with van der Waals surface area (Å²) in [5.41, 5.74) is 2.74. The predicted octanol–water partition coefficient (Wildman–Crippen LogP) is 5.02. The van der Waals surface area contributed by atoms with Crippen LogP contribution >= 0.6 is 11.3 Å². The highest BCUT2D eigenvalue weighted by Crippen LogP contribution is 2.25. The summed E-state index contributed by atoms with van der Waals surface area (Å²) in [6.07, 6.45) is 0. The Morgan fingerprint density at radius 3 is 2.21 bits per heavy atom. The molecule has 0 saturated heterocycles. The normalized spacial score (nSPS) is 11.2. The van der Waals surface area contributed by atoms with Crippen LogP contribution in [0.3, 0.4) is 0 Å². The third kappa shape index (κ3) is 5.27. The topological polar surface area (TPSA) is 94.8 Å². The summed E-state index contributed by atoms with van der Waals surface area (Å²) >= 11 is 1.02. The van der Waals surface area contributed by atoms with Gasteiger partial charge in [0.2, 0.25) is 0 Å².